The fourth-order valence-electron chi connectivity index (χ4n) is 4.36. The molecule has 0 amide bonds. The number of para-hydroxylation sites is 1. The molecule has 0 spiro atoms. The largest absolute Gasteiger partial charge is 0.511 e. The Morgan fingerprint density at radius 3 is 2.64 bits per heavy atom. The molecule has 8 N–H and O–H groups in total. The monoisotopic (exact) mass is 448 g/mol. The van der Waals surface area contributed by atoms with Gasteiger partial charge < -0.3 is 31.1 Å². The van der Waals surface area contributed by atoms with Gasteiger partial charge in [-0.1, -0.05) is 29.8 Å². The molecule has 0 saturated heterocycles. The van der Waals surface area contributed by atoms with E-state index in [0.29, 0.717) is 39.1 Å². The number of phenols is 1. The standard InChI is InChI=1S/C24H24N4O5/c25-22(26)14-5-6-17-18(11-14)28-23(27-17)24(7-8-29)12-13(10-20(31)32)9-16(21(24)33)15-3-1-2-4-19(15)30/h1-6,11-12,29-30,33H,7-10H2,(H3,25,26)(H,27,28)(H,31,32). The van der Waals surface area contributed by atoms with Gasteiger partial charge in [-0.15, -0.1) is 0 Å². The molecule has 33 heavy (non-hydrogen) atoms. The van der Waals surface area contributed by atoms with Gasteiger partial charge in [-0.3, -0.25) is 10.2 Å². The van der Waals surface area contributed by atoms with E-state index >= 15 is 0 Å². The quantitative estimate of drug-likeness (QED) is 0.165. The van der Waals surface area contributed by atoms with Crippen molar-refractivity contribution < 1.29 is 25.2 Å². The van der Waals surface area contributed by atoms with Crippen molar-refractivity contribution in [2.75, 3.05) is 6.61 Å². The first kappa shape index (κ1) is 22.1. The lowest BCUT2D eigenvalue weighted by Crippen LogP contribution is -2.33. The number of phenolic OH excluding ortho intramolecular Hbond substituents is 1. The highest BCUT2D eigenvalue weighted by Crippen LogP contribution is 2.47. The number of aliphatic hydroxyl groups excluding tert-OH is 2. The molecule has 0 bridgehead atoms. The van der Waals surface area contributed by atoms with E-state index in [1.807, 2.05) is 0 Å². The van der Waals surface area contributed by atoms with Gasteiger partial charge in [0.05, 0.1) is 17.5 Å². The Labute approximate surface area is 189 Å². The minimum absolute atomic E-state index is 0.0262. The predicted octanol–water partition coefficient (Wildman–Crippen LogP) is 2.95. The number of aromatic hydroxyl groups is 1. The van der Waals surface area contributed by atoms with Gasteiger partial charge in [-0.05, 0) is 37.1 Å². The number of aromatic amines is 1. The lowest BCUT2D eigenvalue weighted by Gasteiger charge is -2.34. The lowest BCUT2D eigenvalue weighted by atomic mass is 9.72. The molecule has 3 aromatic rings. The topological polar surface area (TPSA) is 177 Å². The third-order valence-corrected chi connectivity index (χ3v) is 5.89. The van der Waals surface area contributed by atoms with Crippen LogP contribution in [0.2, 0.25) is 0 Å². The third kappa shape index (κ3) is 3.94. The number of H-pyrrole nitrogens is 1. The second-order valence-electron chi connectivity index (χ2n) is 8.07. The first-order valence-corrected chi connectivity index (χ1v) is 10.3. The first-order valence-electron chi connectivity index (χ1n) is 10.3. The Kier molecular flexibility index (Phi) is 5.65. The molecule has 1 aromatic heterocycles. The van der Waals surface area contributed by atoms with Crippen LogP contribution in [0.15, 0.2) is 59.9 Å². The number of fused-ring (bicyclic) bond motifs is 1. The van der Waals surface area contributed by atoms with Crippen LogP contribution in [0.1, 0.15) is 36.2 Å². The van der Waals surface area contributed by atoms with Crippen molar-refractivity contribution in [3.63, 3.8) is 0 Å². The Morgan fingerprint density at radius 2 is 1.97 bits per heavy atom. The molecule has 1 atom stereocenters. The van der Waals surface area contributed by atoms with Gasteiger partial charge in [-0.2, -0.15) is 0 Å². The van der Waals surface area contributed by atoms with Gasteiger partial charge >= 0.3 is 5.97 Å². The molecule has 1 heterocycles. The molecule has 170 valence electrons. The van der Waals surface area contributed by atoms with Crippen molar-refractivity contribution >= 4 is 28.4 Å². The second-order valence-corrected chi connectivity index (χ2v) is 8.07. The highest BCUT2D eigenvalue weighted by Gasteiger charge is 2.43. The van der Waals surface area contributed by atoms with Crippen LogP contribution in [0.5, 0.6) is 5.75 Å². The van der Waals surface area contributed by atoms with Crippen LogP contribution in [-0.2, 0) is 10.2 Å². The summed E-state index contributed by atoms with van der Waals surface area (Å²) >= 11 is 0. The third-order valence-electron chi connectivity index (χ3n) is 5.89. The molecule has 0 radical (unpaired) electrons. The van der Waals surface area contributed by atoms with Crippen LogP contribution in [0.4, 0.5) is 0 Å². The average molecular weight is 448 g/mol. The maximum atomic E-state index is 11.5. The van der Waals surface area contributed by atoms with Gasteiger partial charge in [0.25, 0.3) is 0 Å². The summed E-state index contributed by atoms with van der Waals surface area (Å²) in [4.78, 5) is 19.3. The van der Waals surface area contributed by atoms with Crippen LogP contribution in [-0.4, -0.2) is 48.8 Å². The number of nitrogens with one attached hydrogen (secondary N) is 2. The number of aromatic nitrogens is 2. The van der Waals surface area contributed by atoms with Crippen LogP contribution in [0.3, 0.4) is 0 Å². The van der Waals surface area contributed by atoms with Gasteiger partial charge in [0, 0.05) is 23.3 Å². The van der Waals surface area contributed by atoms with Gasteiger partial charge in [0.15, 0.2) is 0 Å². The highest BCUT2D eigenvalue weighted by atomic mass is 16.4. The number of nitrogens with zero attached hydrogens (tertiary/aromatic N) is 1. The number of hydrogen-bond donors (Lipinski definition) is 7. The van der Waals surface area contributed by atoms with E-state index in [4.69, 9.17) is 11.1 Å². The zero-order valence-electron chi connectivity index (χ0n) is 17.7. The number of nitrogens with two attached hydrogens (primary N) is 1. The van der Waals surface area contributed by atoms with E-state index in [9.17, 15) is 25.2 Å². The van der Waals surface area contributed by atoms with Crippen LogP contribution in [0.25, 0.3) is 16.6 Å². The number of allylic oxidation sites excluding steroid dienone is 2. The number of carboxylic acids is 1. The number of imidazole rings is 1. The smallest absolute Gasteiger partial charge is 0.307 e. The van der Waals surface area contributed by atoms with E-state index in [1.165, 1.54) is 6.07 Å². The molecular weight excluding hydrogens is 424 g/mol. The molecule has 0 aliphatic heterocycles. The van der Waals surface area contributed by atoms with Crippen LogP contribution >= 0.6 is 0 Å². The number of hydrogen-bond acceptors (Lipinski definition) is 6. The molecule has 9 nitrogen and oxygen atoms in total. The Balaban J connectivity index is 1.97. The second kappa shape index (κ2) is 8.44. The Hall–Kier alpha value is -4.11. The van der Waals surface area contributed by atoms with E-state index in [1.54, 1.807) is 42.5 Å². The maximum Gasteiger partial charge on any atom is 0.307 e. The van der Waals surface area contributed by atoms with Crippen molar-refractivity contribution in [3.8, 4) is 5.75 Å². The minimum Gasteiger partial charge on any atom is -0.511 e. The van der Waals surface area contributed by atoms with Gasteiger partial charge in [0.1, 0.15) is 28.6 Å². The summed E-state index contributed by atoms with van der Waals surface area (Å²) in [5.41, 5.74) is 7.13. The fourth-order valence-corrected chi connectivity index (χ4v) is 4.36. The summed E-state index contributed by atoms with van der Waals surface area (Å²) in [5.74, 6) is -1.01. The Bertz CT molecular complexity index is 1320. The zero-order chi connectivity index (χ0) is 23.8. The van der Waals surface area contributed by atoms with E-state index < -0.39 is 11.4 Å². The summed E-state index contributed by atoms with van der Waals surface area (Å²) < 4.78 is 0. The number of amidine groups is 1. The molecule has 1 unspecified atom stereocenters. The summed E-state index contributed by atoms with van der Waals surface area (Å²) in [7, 11) is 0. The number of carbonyl (C=O) groups is 1. The van der Waals surface area contributed by atoms with E-state index in [2.05, 4.69) is 9.97 Å². The molecule has 1 aliphatic rings. The van der Waals surface area contributed by atoms with E-state index in [-0.39, 0.29) is 43.2 Å². The SMILES string of the molecule is N=C(N)c1ccc2nc(C3(CCO)C=C(CC(=O)O)CC(c4ccccc4O)=C3O)[nH]c2c1. The fraction of sp³-hybridized carbons (Fsp3) is 0.208. The summed E-state index contributed by atoms with van der Waals surface area (Å²) in [6.07, 6.45) is 1.52. The van der Waals surface area contributed by atoms with Crippen molar-refractivity contribution in [3.05, 3.63) is 76.8 Å². The number of aliphatic hydroxyl groups is 2. The highest BCUT2D eigenvalue weighted by molar-refractivity contribution is 5.98. The number of nitrogen functional groups attached to an aromatic ring is 1. The van der Waals surface area contributed by atoms with Crippen molar-refractivity contribution in [2.24, 2.45) is 5.73 Å². The number of carboxylic acid groups (broad SMARTS) is 1. The van der Waals surface area contributed by atoms with Crippen molar-refractivity contribution in [1.82, 2.24) is 9.97 Å². The molecule has 2 aromatic carbocycles. The van der Waals surface area contributed by atoms with Gasteiger partial charge in [-0.25, -0.2) is 4.98 Å². The first-order chi connectivity index (χ1) is 15.7. The van der Waals surface area contributed by atoms with Gasteiger partial charge in [0.2, 0.25) is 0 Å². The normalized spacial score (nSPS) is 18.4. The molecule has 9 heteroatoms. The average Bonchev–Trinajstić information content (AvgIpc) is 3.20. The maximum absolute atomic E-state index is 11.5. The summed E-state index contributed by atoms with van der Waals surface area (Å²) in [6, 6.07) is 11.5. The van der Waals surface area contributed by atoms with Crippen molar-refractivity contribution in [1.29, 1.82) is 5.41 Å². The predicted molar refractivity (Wildman–Crippen MR) is 123 cm³/mol. The molecule has 0 fully saturated rings. The summed E-state index contributed by atoms with van der Waals surface area (Å²) in [6.45, 7) is -0.315. The van der Waals surface area contributed by atoms with Crippen molar-refractivity contribution in [2.45, 2.75) is 24.7 Å². The van der Waals surface area contributed by atoms with Crippen LogP contribution in [0, 0.1) is 5.41 Å². The Morgan fingerprint density at radius 1 is 1.21 bits per heavy atom. The minimum atomic E-state index is -1.34. The number of rotatable bonds is 7. The molecule has 0 saturated carbocycles. The molecular formula is C24H24N4O5. The molecule has 1 aliphatic carbocycles. The number of aliphatic carboxylic acids is 1. The van der Waals surface area contributed by atoms with E-state index in [0.717, 1.165) is 0 Å². The molecule has 4 rings (SSSR count). The zero-order valence-corrected chi connectivity index (χ0v) is 17.7. The van der Waals surface area contributed by atoms with Crippen LogP contribution < -0.4 is 5.73 Å². The number of benzene rings is 2. The summed E-state index contributed by atoms with van der Waals surface area (Å²) in [5, 5.41) is 49.0. The lowest BCUT2D eigenvalue weighted by molar-refractivity contribution is -0.136.